The number of hydrogen-bond donors (Lipinski definition) is 2. The molecule has 1 fully saturated rings. The number of carbonyl (C=O) groups excluding carboxylic acids is 1. The number of hydrogen-bond acceptors (Lipinski definition) is 8. The molecule has 14 heteroatoms. The first-order valence-corrected chi connectivity index (χ1v) is 12.9. The van der Waals surface area contributed by atoms with Gasteiger partial charge in [0.05, 0.1) is 23.6 Å². The smallest absolute Gasteiger partial charge is 0.316 e. The number of rotatable bonds is 8. The van der Waals surface area contributed by atoms with Crippen molar-refractivity contribution in [1.29, 1.82) is 0 Å². The van der Waals surface area contributed by atoms with E-state index in [0.29, 0.717) is 34.1 Å². The molecular formula is C21H24Cl2N5O6P. The van der Waals surface area contributed by atoms with E-state index in [9.17, 15) is 14.3 Å². The van der Waals surface area contributed by atoms with Crippen molar-refractivity contribution in [2.24, 2.45) is 5.92 Å². The van der Waals surface area contributed by atoms with Crippen LogP contribution in [-0.2, 0) is 18.6 Å². The molecule has 1 aliphatic heterocycles. The second-order valence-electron chi connectivity index (χ2n) is 8.19. The summed E-state index contributed by atoms with van der Waals surface area (Å²) in [6.07, 6.45) is 0.844. The van der Waals surface area contributed by atoms with Gasteiger partial charge in [-0.3, -0.25) is 19.2 Å². The molecule has 11 nitrogen and oxygen atoms in total. The first kappa shape index (κ1) is 25.8. The van der Waals surface area contributed by atoms with Crippen LogP contribution in [0.2, 0.25) is 10.0 Å². The Morgan fingerprint density at radius 1 is 1.37 bits per heavy atom. The van der Waals surface area contributed by atoms with Gasteiger partial charge in [-0.25, -0.2) is 4.98 Å². The molecule has 2 aromatic heterocycles. The number of amides is 1. The van der Waals surface area contributed by atoms with Crippen LogP contribution in [0.25, 0.3) is 11.2 Å². The van der Waals surface area contributed by atoms with Gasteiger partial charge in [0.15, 0.2) is 11.2 Å². The number of nitrogens with one attached hydrogen (secondary N) is 1. The summed E-state index contributed by atoms with van der Waals surface area (Å²) in [7, 11) is -3.14. The number of anilines is 1. The Bertz CT molecular complexity index is 1270. The highest BCUT2D eigenvalue weighted by atomic mass is 35.5. The van der Waals surface area contributed by atoms with Crippen molar-refractivity contribution in [1.82, 2.24) is 19.5 Å². The van der Waals surface area contributed by atoms with Gasteiger partial charge in [-0.05, 0) is 18.6 Å². The van der Waals surface area contributed by atoms with Crippen molar-refractivity contribution in [3.8, 4) is 11.6 Å². The van der Waals surface area contributed by atoms with Gasteiger partial charge in [-0.1, -0.05) is 44.0 Å². The lowest BCUT2D eigenvalue weighted by Gasteiger charge is -2.15. The average molecular weight is 544 g/mol. The molecule has 3 heterocycles. The third-order valence-electron chi connectivity index (χ3n) is 5.39. The SMILES string of the molecule is CC[C@H]1O[C@@H](n2cnc3c(Oc4cc(Cl)ccc4Cl)nc(NC(=O)C(C)C)nc32)C[C@H]1O[PH](=O)O. The Hall–Kier alpha value is -2.27. The number of benzene rings is 1. The van der Waals surface area contributed by atoms with Crippen molar-refractivity contribution < 1.29 is 28.3 Å². The van der Waals surface area contributed by atoms with Gasteiger partial charge in [-0.2, -0.15) is 9.97 Å². The Labute approximate surface area is 211 Å². The largest absolute Gasteiger partial charge is 0.435 e. The van der Waals surface area contributed by atoms with Gasteiger partial charge >= 0.3 is 8.25 Å². The minimum Gasteiger partial charge on any atom is -0.435 e. The number of imidazole rings is 1. The molecule has 35 heavy (non-hydrogen) atoms. The second-order valence-corrected chi connectivity index (χ2v) is 9.80. The number of carbonyl (C=O) groups is 1. The van der Waals surface area contributed by atoms with Crippen LogP contribution in [-0.4, -0.2) is 42.5 Å². The van der Waals surface area contributed by atoms with E-state index in [1.54, 1.807) is 30.5 Å². The van der Waals surface area contributed by atoms with Gasteiger partial charge in [0.1, 0.15) is 12.0 Å². The zero-order chi connectivity index (χ0) is 25.3. The summed E-state index contributed by atoms with van der Waals surface area (Å²) >= 11 is 12.4. The number of halogens is 2. The van der Waals surface area contributed by atoms with Gasteiger partial charge in [0.25, 0.3) is 5.88 Å². The van der Waals surface area contributed by atoms with E-state index in [1.165, 1.54) is 12.4 Å². The van der Waals surface area contributed by atoms with Crippen LogP contribution in [0.15, 0.2) is 24.5 Å². The van der Waals surface area contributed by atoms with Crippen LogP contribution in [0.4, 0.5) is 5.95 Å². The van der Waals surface area contributed by atoms with E-state index in [0.717, 1.165) is 0 Å². The van der Waals surface area contributed by atoms with E-state index < -0.39 is 20.6 Å². The third kappa shape index (κ3) is 5.77. The molecule has 1 unspecified atom stereocenters. The van der Waals surface area contributed by atoms with Gasteiger partial charge in [-0.15, -0.1) is 0 Å². The number of aromatic nitrogens is 4. The maximum Gasteiger partial charge on any atom is 0.316 e. The molecule has 1 aliphatic rings. The first-order chi connectivity index (χ1) is 16.7. The number of fused-ring (bicyclic) bond motifs is 1. The summed E-state index contributed by atoms with van der Waals surface area (Å²) in [5.41, 5.74) is 0.615. The maximum absolute atomic E-state index is 12.3. The van der Waals surface area contributed by atoms with Gasteiger partial charge in [0, 0.05) is 23.4 Å². The van der Waals surface area contributed by atoms with Gasteiger partial charge < -0.3 is 18.9 Å². The van der Waals surface area contributed by atoms with Crippen molar-refractivity contribution in [3.05, 3.63) is 34.6 Å². The topological polar surface area (TPSA) is 138 Å². The van der Waals surface area contributed by atoms with Crippen LogP contribution < -0.4 is 10.1 Å². The molecule has 0 saturated carbocycles. The minimum atomic E-state index is -3.14. The van der Waals surface area contributed by atoms with E-state index in [4.69, 9.17) is 37.2 Å². The quantitative estimate of drug-likeness (QED) is 0.376. The predicted molar refractivity (Wildman–Crippen MR) is 130 cm³/mol. The molecule has 3 aromatic rings. The summed E-state index contributed by atoms with van der Waals surface area (Å²) in [6, 6.07) is 4.74. The molecule has 1 amide bonds. The Kier molecular flexibility index (Phi) is 7.95. The summed E-state index contributed by atoms with van der Waals surface area (Å²) in [5, 5.41) is 3.38. The normalized spacial score (nSPS) is 20.9. The molecule has 1 saturated heterocycles. The number of nitrogens with zero attached hydrogens (tertiary/aromatic N) is 4. The molecule has 4 rings (SSSR count). The number of ether oxygens (including phenoxy) is 2. The van der Waals surface area contributed by atoms with E-state index in [1.807, 2.05) is 6.92 Å². The lowest BCUT2D eigenvalue weighted by Crippen LogP contribution is -2.21. The molecule has 4 atom stereocenters. The van der Waals surface area contributed by atoms with Crippen LogP contribution in [0.5, 0.6) is 11.6 Å². The Balaban J connectivity index is 1.76. The van der Waals surface area contributed by atoms with Crippen molar-refractivity contribution >= 4 is 54.5 Å². The summed E-state index contributed by atoms with van der Waals surface area (Å²) in [4.78, 5) is 34.8. The summed E-state index contributed by atoms with van der Waals surface area (Å²) in [5.74, 6) is -0.292. The van der Waals surface area contributed by atoms with Crippen LogP contribution >= 0.6 is 31.5 Å². The summed E-state index contributed by atoms with van der Waals surface area (Å²) in [6.45, 7) is 5.38. The lowest BCUT2D eigenvalue weighted by molar-refractivity contribution is -0.118. The van der Waals surface area contributed by atoms with E-state index >= 15 is 0 Å². The molecule has 0 spiro atoms. The molecule has 1 aromatic carbocycles. The van der Waals surface area contributed by atoms with Crippen LogP contribution in [0.1, 0.15) is 39.8 Å². The highest BCUT2D eigenvalue weighted by molar-refractivity contribution is 7.32. The maximum atomic E-state index is 12.3. The monoisotopic (exact) mass is 543 g/mol. The fourth-order valence-electron chi connectivity index (χ4n) is 3.63. The zero-order valence-corrected chi connectivity index (χ0v) is 21.6. The van der Waals surface area contributed by atoms with Crippen molar-refractivity contribution in [3.63, 3.8) is 0 Å². The highest BCUT2D eigenvalue weighted by Gasteiger charge is 2.38. The molecule has 0 aliphatic carbocycles. The standard InChI is InChI=1S/C21H24Cl2N5O6P/c1-4-13-15(34-35(30)31)8-16(32-13)28-9-24-17-18(28)25-21(26-19(29)10(2)3)27-20(17)33-14-7-11(22)5-6-12(14)23/h5-7,9-10,13,15-16,35H,4,8H2,1-3H3,(H,30,31)(H,25,26,27,29)/t13-,15-,16-/m1/s1. The fraction of sp³-hybridized carbons (Fsp3) is 0.429. The minimum absolute atomic E-state index is 0.00403. The highest BCUT2D eigenvalue weighted by Crippen LogP contribution is 2.39. The second kappa shape index (κ2) is 10.8. The predicted octanol–water partition coefficient (Wildman–Crippen LogP) is 4.98. The van der Waals surface area contributed by atoms with Crippen molar-refractivity contribution in [2.45, 2.75) is 52.0 Å². The molecule has 188 valence electrons. The Morgan fingerprint density at radius 3 is 2.83 bits per heavy atom. The van der Waals surface area contributed by atoms with Crippen LogP contribution in [0.3, 0.4) is 0 Å². The van der Waals surface area contributed by atoms with E-state index in [2.05, 4.69) is 20.3 Å². The molecule has 0 bridgehead atoms. The molecule has 2 N–H and O–H groups in total. The van der Waals surface area contributed by atoms with Crippen LogP contribution in [0, 0.1) is 5.92 Å². The summed E-state index contributed by atoms with van der Waals surface area (Å²) < 4.78 is 30.1. The first-order valence-electron chi connectivity index (χ1n) is 10.9. The van der Waals surface area contributed by atoms with Crippen molar-refractivity contribution in [2.75, 3.05) is 5.32 Å². The zero-order valence-electron chi connectivity index (χ0n) is 19.1. The fourth-order valence-corrected chi connectivity index (χ4v) is 4.45. The average Bonchev–Trinajstić information content (AvgIpc) is 3.39. The third-order valence-corrected chi connectivity index (χ3v) is 6.45. The van der Waals surface area contributed by atoms with Gasteiger partial charge in [0.2, 0.25) is 11.9 Å². The molecular weight excluding hydrogens is 520 g/mol. The lowest BCUT2D eigenvalue weighted by atomic mass is 10.1. The molecule has 0 radical (unpaired) electrons. The van der Waals surface area contributed by atoms with E-state index in [-0.39, 0.29) is 35.5 Å². The Morgan fingerprint density at radius 2 is 2.14 bits per heavy atom.